The molecule has 1 aliphatic heterocycles. The number of fused-ring (bicyclic) bond motifs is 5. The molecule has 4 nitrogen and oxygen atoms in total. The van der Waals surface area contributed by atoms with Crippen molar-refractivity contribution in [2.75, 3.05) is 19.6 Å². The molecule has 4 aliphatic rings. The highest BCUT2D eigenvalue weighted by Gasteiger charge is 2.54. The van der Waals surface area contributed by atoms with Gasteiger partial charge in [0.05, 0.1) is 26.1 Å². The molecule has 0 bridgehead atoms. The smallest absolute Gasteiger partial charge is 0.316 e. The molecule has 0 aromatic heterocycles. The van der Waals surface area contributed by atoms with Gasteiger partial charge in [0.1, 0.15) is 11.5 Å². The second-order valence-corrected chi connectivity index (χ2v) is 10.5. The van der Waals surface area contributed by atoms with Gasteiger partial charge in [-0.2, -0.15) is 0 Å². The Kier molecular flexibility index (Phi) is 5.47. The van der Waals surface area contributed by atoms with Crippen LogP contribution in [0.25, 0.3) is 0 Å². The number of ether oxygens (including phenoxy) is 1. The maximum absolute atomic E-state index is 12.5. The Morgan fingerprint density at radius 2 is 1.97 bits per heavy atom. The number of benzene rings is 1. The zero-order valence-electron chi connectivity index (χ0n) is 18.4. The number of hydrogen-bond acceptors (Lipinski definition) is 3. The Morgan fingerprint density at radius 1 is 1.13 bits per heavy atom. The van der Waals surface area contributed by atoms with Crippen LogP contribution < -0.4 is 9.64 Å². The van der Waals surface area contributed by atoms with Gasteiger partial charge in [-0.15, -0.1) is 0 Å². The summed E-state index contributed by atoms with van der Waals surface area (Å²) in [6.07, 6.45) is 10.6. The molecule has 1 saturated heterocycles. The lowest BCUT2D eigenvalue weighted by molar-refractivity contribution is -0.904. The summed E-state index contributed by atoms with van der Waals surface area (Å²) in [5.74, 6) is 2.90. The van der Waals surface area contributed by atoms with E-state index in [9.17, 15) is 9.59 Å². The van der Waals surface area contributed by atoms with E-state index in [0.717, 1.165) is 38.6 Å². The minimum atomic E-state index is -0.0976. The van der Waals surface area contributed by atoms with Crippen molar-refractivity contribution in [2.45, 2.75) is 77.0 Å². The third-order valence-electron chi connectivity index (χ3n) is 8.88. The van der Waals surface area contributed by atoms with E-state index >= 15 is 0 Å². The van der Waals surface area contributed by atoms with E-state index in [0.29, 0.717) is 35.7 Å². The van der Waals surface area contributed by atoms with E-state index in [-0.39, 0.29) is 11.4 Å². The average Bonchev–Trinajstić information content (AvgIpc) is 3.07. The number of carbonyl (C=O) groups is 2. The number of hydrogen-bond donors (Lipinski definition) is 1. The topological polar surface area (TPSA) is 47.8 Å². The first-order chi connectivity index (χ1) is 14.5. The molecule has 30 heavy (non-hydrogen) atoms. The van der Waals surface area contributed by atoms with Crippen LogP contribution in [0.5, 0.6) is 5.75 Å². The number of piperidine rings is 1. The van der Waals surface area contributed by atoms with Gasteiger partial charge in [0.2, 0.25) is 0 Å². The zero-order chi connectivity index (χ0) is 20.7. The van der Waals surface area contributed by atoms with Gasteiger partial charge in [0.25, 0.3) is 0 Å². The summed E-state index contributed by atoms with van der Waals surface area (Å²) in [5.41, 5.74) is 2.74. The van der Waals surface area contributed by atoms with Crippen LogP contribution in [0.4, 0.5) is 0 Å². The summed E-state index contributed by atoms with van der Waals surface area (Å²) in [6.45, 7) is 5.51. The van der Waals surface area contributed by atoms with Gasteiger partial charge < -0.3 is 9.64 Å². The Bertz CT molecular complexity index is 828. The summed E-state index contributed by atoms with van der Waals surface area (Å²) in [6, 6.07) is 6.33. The maximum atomic E-state index is 12.5. The van der Waals surface area contributed by atoms with Crippen molar-refractivity contribution in [1.82, 2.24) is 0 Å². The predicted octanol–water partition coefficient (Wildman–Crippen LogP) is 3.48. The summed E-state index contributed by atoms with van der Waals surface area (Å²) in [5, 5.41) is 0. The molecule has 1 heterocycles. The lowest BCUT2D eigenvalue weighted by Gasteiger charge is -2.48. The number of esters is 1. The fourth-order valence-electron chi connectivity index (χ4n) is 7.16. The van der Waals surface area contributed by atoms with E-state index in [2.05, 4.69) is 19.1 Å². The summed E-state index contributed by atoms with van der Waals surface area (Å²) in [7, 11) is 0. The first kappa shape index (κ1) is 20.2. The van der Waals surface area contributed by atoms with Crippen LogP contribution in [-0.2, 0) is 16.0 Å². The Hall–Kier alpha value is -1.68. The van der Waals surface area contributed by atoms with Crippen molar-refractivity contribution in [2.24, 2.45) is 17.3 Å². The number of rotatable bonds is 4. The summed E-state index contributed by atoms with van der Waals surface area (Å²) < 4.78 is 5.71. The fourth-order valence-corrected chi connectivity index (χ4v) is 7.16. The van der Waals surface area contributed by atoms with Crippen LogP contribution in [0.3, 0.4) is 0 Å². The molecule has 0 unspecified atom stereocenters. The number of ketones is 1. The van der Waals surface area contributed by atoms with E-state index in [1.165, 1.54) is 49.9 Å². The highest BCUT2D eigenvalue weighted by atomic mass is 16.5. The molecule has 1 aromatic carbocycles. The monoisotopic (exact) mass is 410 g/mol. The molecular weight excluding hydrogens is 374 g/mol. The first-order valence-electron chi connectivity index (χ1n) is 12.2. The first-order valence-corrected chi connectivity index (χ1v) is 12.2. The Balaban J connectivity index is 1.23. The van der Waals surface area contributed by atoms with Crippen molar-refractivity contribution in [3.05, 3.63) is 29.3 Å². The van der Waals surface area contributed by atoms with Crippen LogP contribution in [0.2, 0.25) is 0 Å². The van der Waals surface area contributed by atoms with E-state index < -0.39 is 0 Å². The molecule has 2 saturated carbocycles. The van der Waals surface area contributed by atoms with Crippen molar-refractivity contribution < 1.29 is 19.2 Å². The van der Waals surface area contributed by atoms with Crippen molar-refractivity contribution in [3.63, 3.8) is 0 Å². The largest absolute Gasteiger partial charge is 0.426 e. The number of aryl methyl sites for hydroxylation is 1. The van der Waals surface area contributed by atoms with Crippen molar-refractivity contribution >= 4 is 11.8 Å². The lowest BCUT2D eigenvalue weighted by Crippen LogP contribution is -3.12. The van der Waals surface area contributed by atoms with Crippen molar-refractivity contribution in [1.29, 1.82) is 0 Å². The van der Waals surface area contributed by atoms with Crippen LogP contribution in [0.1, 0.15) is 81.8 Å². The molecule has 162 valence electrons. The van der Waals surface area contributed by atoms with Gasteiger partial charge in [-0.1, -0.05) is 13.0 Å². The van der Waals surface area contributed by atoms with Crippen LogP contribution in [0.15, 0.2) is 18.2 Å². The van der Waals surface area contributed by atoms with E-state index in [1.807, 2.05) is 6.07 Å². The standard InChI is InChI=1S/C26H35NO3/c1-26-13-11-21-20-8-6-19(30-25(29)12-16-27-14-3-2-4-15-27)17-18(20)5-7-22(21)23(26)9-10-24(26)28/h6,8,17,21-23H,2-5,7,9-16H2,1H3/p+1/t21-,22+,23-,26+/m0/s1. The molecule has 5 rings (SSSR count). The number of carbonyl (C=O) groups excluding carboxylic acids is 2. The highest BCUT2D eigenvalue weighted by Crippen LogP contribution is 2.59. The molecule has 1 N–H and O–H groups in total. The molecular formula is C26H36NO3+. The number of quaternary nitrogens is 1. The summed E-state index contributed by atoms with van der Waals surface area (Å²) in [4.78, 5) is 26.4. The van der Waals surface area contributed by atoms with Gasteiger partial charge >= 0.3 is 5.97 Å². The van der Waals surface area contributed by atoms with Gasteiger partial charge in [0, 0.05) is 11.8 Å². The molecule has 4 heteroatoms. The highest BCUT2D eigenvalue weighted by molar-refractivity contribution is 5.87. The number of nitrogens with one attached hydrogen (secondary N) is 1. The quantitative estimate of drug-likeness (QED) is 0.611. The minimum Gasteiger partial charge on any atom is -0.426 e. The third-order valence-corrected chi connectivity index (χ3v) is 8.88. The molecule has 0 radical (unpaired) electrons. The van der Waals surface area contributed by atoms with E-state index in [4.69, 9.17) is 4.74 Å². The van der Waals surface area contributed by atoms with Gasteiger partial charge in [-0.3, -0.25) is 9.59 Å². The number of Topliss-reactive ketones (excluding diaryl/α,β-unsaturated/α-hetero) is 1. The minimum absolute atomic E-state index is 0.0650. The van der Waals surface area contributed by atoms with Crippen LogP contribution in [0, 0.1) is 17.3 Å². The SMILES string of the molecule is C[C@@]12CC[C@H]3c4ccc(OC(=O)CC[NH+]5CCCCC5)cc4CC[C@H]3[C@@H]1CCC2=O. The molecule has 0 spiro atoms. The van der Waals surface area contributed by atoms with Gasteiger partial charge in [0.15, 0.2) is 0 Å². The molecule has 3 fully saturated rings. The van der Waals surface area contributed by atoms with Crippen LogP contribution in [-0.4, -0.2) is 31.4 Å². The molecule has 4 atom stereocenters. The molecule has 0 amide bonds. The van der Waals surface area contributed by atoms with Gasteiger partial charge in [-0.05, 0) is 92.4 Å². The molecule has 3 aliphatic carbocycles. The van der Waals surface area contributed by atoms with Gasteiger partial charge in [-0.25, -0.2) is 0 Å². The number of likely N-dealkylation sites (tertiary alicyclic amines) is 1. The third kappa shape index (κ3) is 3.62. The zero-order valence-corrected chi connectivity index (χ0v) is 18.4. The second-order valence-electron chi connectivity index (χ2n) is 10.5. The predicted molar refractivity (Wildman–Crippen MR) is 116 cm³/mol. The van der Waals surface area contributed by atoms with Crippen molar-refractivity contribution in [3.8, 4) is 5.75 Å². The van der Waals surface area contributed by atoms with E-state index in [1.54, 1.807) is 4.90 Å². The fraction of sp³-hybridized carbons (Fsp3) is 0.692. The lowest BCUT2D eigenvalue weighted by atomic mass is 9.55. The Morgan fingerprint density at radius 3 is 2.80 bits per heavy atom. The molecule has 1 aromatic rings. The Labute approximate surface area is 180 Å². The summed E-state index contributed by atoms with van der Waals surface area (Å²) >= 11 is 0. The normalized spacial score (nSPS) is 33.5. The maximum Gasteiger partial charge on any atom is 0.316 e. The average molecular weight is 411 g/mol. The second kappa shape index (κ2) is 8.11. The van der Waals surface area contributed by atoms with Crippen LogP contribution >= 0.6 is 0 Å².